The SMILES string of the molecule is [2H]c1c([2H])c(-c2c([2H])c([2H])c(N(c3ccc4c(c3)C(c3ccccc3)(c3ccccc3)c3ccccc3-4)c3c([2H])c([2H])c(-n4c5ccccc5c5ccccc54)c([2H])c3[2H])c([2H])c2[2H])c([2H])c([2H])c1-c1ccc(/C=C\C=C)c(/C=C\C=C)c1. The third-order valence-corrected chi connectivity index (χ3v) is 13.2. The predicted octanol–water partition coefficient (Wildman–Crippen LogP) is 18.3. The molecule has 1 aromatic heterocycles. The molecule has 0 unspecified atom stereocenters. The number of benzene rings is 10. The first kappa shape index (κ1) is 31.7. The molecule has 0 radical (unpaired) electrons. The maximum atomic E-state index is 10.1. The first-order valence-corrected chi connectivity index (χ1v) is 23.3. The number of allylic oxidation sites excluding steroid dienone is 4. The number of fused-ring (bicyclic) bond motifs is 6. The Kier molecular flexibility index (Phi) is 8.20. The van der Waals surface area contributed by atoms with Crippen LogP contribution >= 0.6 is 0 Å². The standard InChI is InChI=1S/C69H50N2/c1-3-5-19-49-35-36-54(47-53(49)20-6-4-2)52-33-31-50(32-34-52)51-37-39-57(40-38-51)70(58-41-43-59(44-42-58)71-67-29-17-14-26-63(67)64-27-15-18-30-68(64)71)60-45-46-62-61-25-13-16-28-65(61)69(66(62)48-60,55-21-9-7-10-22-55)56-23-11-8-12-24-56/h3-48H,1-2H2/b19-5-,20-6-/i31D,32D,33D,34D,37D,38D,39D,40D,41D,42D,43D,44D. The molecule has 0 bridgehead atoms. The molecule has 1 aliphatic rings. The lowest BCUT2D eigenvalue weighted by Gasteiger charge is -2.35. The summed E-state index contributed by atoms with van der Waals surface area (Å²) >= 11 is 0. The van der Waals surface area contributed by atoms with Crippen molar-refractivity contribution in [3.63, 3.8) is 0 Å². The monoisotopic (exact) mass is 918 g/mol. The molecule has 0 atom stereocenters. The molecule has 0 saturated carbocycles. The largest absolute Gasteiger partial charge is 0.310 e. The van der Waals surface area contributed by atoms with Crippen LogP contribution in [0.4, 0.5) is 17.1 Å². The van der Waals surface area contributed by atoms with E-state index >= 15 is 0 Å². The molecule has 12 rings (SSSR count). The summed E-state index contributed by atoms with van der Waals surface area (Å²) < 4.78 is 119. The minimum atomic E-state index is -0.985. The van der Waals surface area contributed by atoms with Crippen LogP contribution < -0.4 is 4.90 Å². The summed E-state index contributed by atoms with van der Waals surface area (Å²) in [7, 11) is 0. The molecule has 2 heteroatoms. The van der Waals surface area contributed by atoms with Crippen molar-refractivity contribution in [1.82, 2.24) is 4.57 Å². The fourth-order valence-corrected chi connectivity index (χ4v) is 10.1. The van der Waals surface area contributed by atoms with Crippen LogP contribution in [0.2, 0.25) is 0 Å². The van der Waals surface area contributed by atoms with Gasteiger partial charge in [-0.15, -0.1) is 0 Å². The zero-order valence-electron chi connectivity index (χ0n) is 50.4. The number of rotatable bonds is 12. The second kappa shape index (κ2) is 18.3. The molecular formula is C69H50N2. The van der Waals surface area contributed by atoms with Crippen LogP contribution in [0.1, 0.15) is 49.8 Å². The van der Waals surface area contributed by atoms with E-state index in [0.717, 1.165) is 49.7 Å². The van der Waals surface area contributed by atoms with Gasteiger partial charge in [-0.25, -0.2) is 0 Å². The summed E-state index contributed by atoms with van der Waals surface area (Å²) in [5, 5.41) is 1.67. The highest BCUT2D eigenvalue weighted by Gasteiger charge is 2.46. The summed E-state index contributed by atoms with van der Waals surface area (Å²) in [6, 6.07) is 46.9. The first-order chi connectivity index (χ1) is 40.2. The topological polar surface area (TPSA) is 8.17 Å². The van der Waals surface area contributed by atoms with E-state index in [2.05, 4.69) is 43.5 Å². The molecular weight excluding hydrogens is 857 g/mol. The van der Waals surface area contributed by atoms with Crippen LogP contribution in [0, 0.1) is 0 Å². The Morgan fingerprint density at radius 2 is 0.901 bits per heavy atom. The van der Waals surface area contributed by atoms with Gasteiger partial charge in [-0.2, -0.15) is 0 Å². The summed E-state index contributed by atoms with van der Waals surface area (Å²) in [6.45, 7) is 7.53. The smallest absolute Gasteiger partial charge is 0.0714 e. The minimum Gasteiger partial charge on any atom is -0.310 e. The van der Waals surface area contributed by atoms with Crippen molar-refractivity contribution in [1.29, 1.82) is 0 Å². The molecule has 1 aliphatic carbocycles. The van der Waals surface area contributed by atoms with Gasteiger partial charge in [-0.05, 0) is 133 Å². The van der Waals surface area contributed by atoms with E-state index in [0.29, 0.717) is 22.2 Å². The van der Waals surface area contributed by atoms with Crippen molar-refractivity contribution in [3.05, 3.63) is 313 Å². The summed E-state index contributed by atoms with van der Waals surface area (Å²) in [5.41, 5.74) is 5.89. The molecule has 11 aromatic rings. The van der Waals surface area contributed by atoms with Gasteiger partial charge >= 0.3 is 0 Å². The molecule has 10 aromatic carbocycles. The van der Waals surface area contributed by atoms with Gasteiger partial charge in [0.25, 0.3) is 0 Å². The van der Waals surface area contributed by atoms with Crippen molar-refractivity contribution < 1.29 is 16.4 Å². The molecule has 0 aliphatic heterocycles. The van der Waals surface area contributed by atoms with Gasteiger partial charge in [0.05, 0.1) is 32.9 Å². The third kappa shape index (κ3) is 7.45. The van der Waals surface area contributed by atoms with Crippen LogP contribution in [0.25, 0.3) is 73.0 Å². The van der Waals surface area contributed by atoms with Gasteiger partial charge in [-0.3, -0.25) is 0 Å². The Morgan fingerprint density at radius 1 is 0.408 bits per heavy atom. The number of hydrogen-bond donors (Lipinski definition) is 0. The normalized spacial score (nSPS) is 15.0. The van der Waals surface area contributed by atoms with Gasteiger partial charge in [0.15, 0.2) is 0 Å². The van der Waals surface area contributed by atoms with Gasteiger partial charge in [0.2, 0.25) is 0 Å². The zero-order chi connectivity index (χ0) is 58.2. The van der Waals surface area contributed by atoms with Gasteiger partial charge in [-0.1, -0.05) is 225 Å². The molecule has 2 nitrogen and oxygen atoms in total. The second-order valence-electron chi connectivity index (χ2n) is 17.2. The number of hydrogen-bond acceptors (Lipinski definition) is 1. The molecule has 0 amide bonds. The molecule has 0 saturated heterocycles. The zero-order valence-corrected chi connectivity index (χ0v) is 38.4. The average molecular weight is 919 g/mol. The molecule has 336 valence electrons. The Bertz CT molecular complexity index is 4400. The highest BCUT2D eigenvalue weighted by Crippen LogP contribution is 2.57. The molecule has 1 heterocycles. The molecule has 0 fully saturated rings. The minimum absolute atomic E-state index is 0.0377. The van der Waals surface area contributed by atoms with E-state index in [-0.39, 0.29) is 22.6 Å². The second-order valence-corrected chi connectivity index (χ2v) is 17.2. The molecule has 71 heavy (non-hydrogen) atoms. The van der Waals surface area contributed by atoms with Crippen LogP contribution in [-0.2, 0) is 5.41 Å². The van der Waals surface area contributed by atoms with Crippen LogP contribution in [0.3, 0.4) is 0 Å². The van der Waals surface area contributed by atoms with Gasteiger partial charge in [0, 0.05) is 33.5 Å². The summed E-state index contributed by atoms with van der Waals surface area (Å²) in [4.78, 5) is 1.27. The predicted molar refractivity (Wildman–Crippen MR) is 302 cm³/mol. The summed E-state index contributed by atoms with van der Waals surface area (Å²) in [6.07, 6.45) is 10.4. The van der Waals surface area contributed by atoms with E-state index in [1.54, 1.807) is 59.2 Å². The van der Waals surface area contributed by atoms with E-state index in [9.17, 15) is 16.4 Å². The number of nitrogens with zero attached hydrogens (tertiary/aromatic N) is 2. The van der Waals surface area contributed by atoms with Crippen LogP contribution in [0.5, 0.6) is 0 Å². The van der Waals surface area contributed by atoms with E-state index in [4.69, 9.17) is 0 Å². The average Bonchev–Trinajstić information content (AvgIpc) is 2.01. The Hall–Kier alpha value is -9.24. The van der Waals surface area contributed by atoms with Gasteiger partial charge < -0.3 is 9.47 Å². The van der Waals surface area contributed by atoms with Crippen molar-refractivity contribution >= 4 is 51.0 Å². The Morgan fingerprint density at radius 3 is 1.51 bits per heavy atom. The molecule has 0 N–H and O–H groups in total. The summed E-state index contributed by atoms with van der Waals surface area (Å²) in [5.74, 6) is 0. The lowest BCUT2D eigenvalue weighted by molar-refractivity contribution is 0.768. The van der Waals surface area contributed by atoms with E-state index in [1.807, 2.05) is 121 Å². The highest BCUT2D eigenvalue weighted by atomic mass is 15.1. The van der Waals surface area contributed by atoms with E-state index in [1.165, 1.54) is 4.90 Å². The Labute approximate surface area is 433 Å². The van der Waals surface area contributed by atoms with Crippen LogP contribution in [0.15, 0.2) is 280 Å². The highest BCUT2D eigenvalue weighted by molar-refractivity contribution is 6.09. The fraction of sp³-hybridized carbons (Fsp3) is 0.0145. The Balaban J connectivity index is 1.13. The van der Waals surface area contributed by atoms with Crippen molar-refractivity contribution in [2.75, 3.05) is 4.90 Å². The quantitative estimate of drug-likeness (QED) is 0.111. The first-order valence-electron chi connectivity index (χ1n) is 29.3. The maximum Gasteiger partial charge on any atom is 0.0714 e. The van der Waals surface area contributed by atoms with E-state index < -0.39 is 94.7 Å². The van der Waals surface area contributed by atoms with Crippen molar-refractivity contribution in [2.45, 2.75) is 5.41 Å². The molecule has 0 spiro atoms. The van der Waals surface area contributed by atoms with Crippen molar-refractivity contribution in [2.24, 2.45) is 0 Å². The maximum absolute atomic E-state index is 10.1. The third-order valence-electron chi connectivity index (χ3n) is 13.2. The fourth-order valence-electron chi connectivity index (χ4n) is 10.1. The number of anilines is 3. The van der Waals surface area contributed by atoms with Gasteiger partial charge in [0.1, 0.15) is 0 Å². The lowest BCUT2D eigenvalue weighted by Crippen LogP contribution is -2.28. The number of aromatic nitrogens is 1. The van der Waals surface area contributed by atoms with Crippen LogP contribution in [-0.4, -0.2) is 4.57 Å². The number of para-hydroxylation sites is 2. The lowest BCUT2D eigenvalue weighted by atomic mass is 9.67. The van der Waals surface area contributed by atoms with Crippen molar-refractivity contribution in [3.8, 4) is 39.1 Å².